The Morgan fingerprint density at radius 1 is 1.10 bits per heavy atom. The zero-order valence-corrected chi connectivity index (χ0v) is 18.6. The van der Waals surface area contributed by atoms with E-state index < -0.39 is 0 Å². The highest BCUT2D eigenvalue weighted by Crippen LogP contribution is 2.37. The fourth-order valence-corrected chi connectivity index (χ4v) is 4.05. The van der Waals surface area contributed by atoms with Crippen LogP contribution in [0.4, 0.5) is 11.4 Å². The molecule has 2 aromatic rings. The summed E-state index contributed by atoms with van der Waals surface area (Å²) in [5, 5.41) is 0.813. The second-order valence-corrected chi connectivity index (χ2v) is 8.37. The Bertz CT molecular complexity index is 856. The number of rotatable bonds is 9. The van der Waals surface area contributed by atoms with Crippen molar-refractivity contribution in [2.75, 3.05) is 31.6 Å². The van der Waals surface area contributed by atoms with E-state index in [4.69, 9.17) is 11.6 Å². The summed E-state index contributed by atoms with van der Waals surface area (Å²) in [5.74, 6) is 0. The number of likely N-dealkylation sites (N-methyl/N-ethyl adjacent to an activating group) is 1. The number of allylic oxidation sites excluding steroid dienone is 2. The second kappa shape index (κ2) is 10.7. The third-order valence-electron chi connectivity index (χ3n) is 5.68. The minimum absolute atomic E-state index is 0.813. The van der Waals surface area contributed by atoms with Gasteiger partial charge in [0, 0.05) is 29.5 Å². The summed E-state index contributed by atoms with van der Waals surface area (Å²) < 4.78 is 0. The molecule has 3 rings (SSSR count). The molecule has 29 heavy (non-hydrogen) atoms. The van der Waals surface area contributed by atoms with Gasteiger partial charge in [-0.15, -0.1) is 0 Å². The molecule has 0 unspecified atom stereocenters. The van der Waals surface area contributed by atoms with Crippen molar-refractivity contribution in [3.05, 3.63) is 82.9 Å². The fraction of sp³-hybridized carbons (Fsp3) is 0.385. The molecule has 1 aliphatic rings. The van der Waals surface area contributed by atoms with Crippen molar-refractivity contribution in [2.24, 2.45) is 0 Å². The van der Waals surface area contributed by atoms with Crippen LogP contribution in [0.2, 0.25) is 5.02 Å². The molecule has 154 valence electrons. The monoisotopic (exact) mass is 408 g/mol. The number of nitrogens with zero attached hydrogens (tertiary/aromatic N) is 2. The third-order valence-corrected chi connectivity index (χ3v) is 5.92. The number of benzene rings is 2. The minimum Gasteiger partial charge on any atom is -0.341 e. The molecular weight excluding hydrogens is 376 g/mol. The van der Waals surface area contributed by atoms with Crippen LogP contribution in [0, 0.1) is 0 Å². The minimum atomic E-state index is 0.813. The molecule has 0 fully saturated rings. The number of hydrogen-bond acceptors (Lipinski definition) is 2. The van der Waals surface area contributed by atoms with Gasteiger partial charge in [0.25, 0.3) is 0 Å². The molecule has 0 saturated heterocycles. The molecule has 0 bridgehead atoms. The SMILES string of the molecule is C=C(/C=C/CN(C)CCCCN1c2ccccc2CCc2ccc(Cl)cc21)CC. The highest BCUT2D eigenvalue weighted by atomic mass is 35.5. The number of aryl methyl sites for hydroxylation is 2. The normalized spacial score (nSPS) is 13.4. The van der Waals surface area contributed by atoms with Crippen molar-refractivity contribution in [3.63, 3.8) is 0 Å². The van der Waals surface area contributed by atoms with E-state index >= 15 is 0 Å². The van der Waals surface area contributed by atoms with Crippen LogP contribution in [-0.4, -0.2) is 31.6 Å². The second-order valence-electron chi connectivity index (χ2n) is 7.94. The van der Waals surface area contributed by atoms with Crippen molar-refractivity contribution in [1.29, 1.82) is 0 Å². The first kappa shape index (κ1) is 21.7. The molecule has 0 radical (unpaired) electrons. The largest absolute Gasteiger partial charge is 0.341 e. The molecule has 1 heterocycles. The molecule has 0 spiro atoms. The summed E-state index contributed by atoms with van der Waals surface area (Å²) in [7, 11) is 2.19. The smallest absolute Gasteiger partial charge is 0.0458 e. The molecule has 2 aromatic carbocycles. The van der Waals surface area contributed by atoms with Crippen LogP contribution in [0.3, 0.4) is 0 Å². The van der Waals surface area contributed by atoms with E-state index in [1.807, 2.05) is 6.07 Å². The molecule has 0 aromatic heterocycles. The van der Waals surface area contributed by atoms with Gasteiger partial charge >= 0.3 is 0 Å². The lowest BCUT2D eigenvalue weighted by Crippen LogP contribution is -2.23. The van der Waals surface area contributed by atoms with Crippen molar-refractivity contribution in [2.45, 2.75) is 39.0 Å². The quantitative estimate of drug-likeness (QED) is 0.332. The average Bonchev–Trinajstić information content (AvgIpc) is 2.88. The Hall–Kier alpha value is -2.03. The van der Waals surface area contributed by atoms with Crippen LogP contribution < -0.4 is 4.90 Å². The van der Waals surface area contributed by atoms with Crippen molar-refractivity contribution < 1.29 is 0 Å². The Balaban J connectivity index is 1.62. The van der Waals surface area contributed by atoms with Gasteiger partial charge in [0.1, 0.15) is 0 Å². The van der Waals surface area contributed by atoms with Gasteiger partial charge in [-0.3, -0.25) is 0 Å². The topological polar surface area (TPSA) is 6.48 Å². The molecule has 0 atom stereocenters. The number of anilines is 2. The van der Waals surface area contributed by atoms with Gasteiger partial charge in [-0.25, -0.2) is 0 Å². The number of halogens is 1. The van der Waals surface area contributed by atoms with Gasteiger partial charge in [0.05, 0.1) is 0 Å². The number of hydrogen-bond donors (Lipinski definition) is 0. The first-order valence-electron chi connectivity index (χ1n) is 10.7. The van der Waals surface area contributed by atoms with Gasteiger partial charge in [0.15, 0.2) is 0 Å². The summed E-state index contributed by atoms with van der Waals surface area (Å²) in [5.41, 5.74) is 6.62. The maximum absolute atomic E-state index is 6.36. The number of unbranched alkanes of at least 4 members (excludes halogenated alkanes) is 1. The lowest BCUT2D eigenvalue weighted by atomic mass is 10.0. The Labute approximate surface area is 181 Å². The first-order valence-corrected chi connectivity index (χ1v) is 11.1. The molecule has 0 aliphatic carbocycles. The van der Waals surface area contributed by atoms with Crippen molar-refractivity contribution in [3.8, 4) is 0 Å². The van der Waals surface area contributed by atoms with E-state index in [-0.39, 0.29) is 0 Å². The highest BCUT2D eigenvalue weighted by Gasteiger charge is 2.20. The van der Waals surface area contributed by atoms with Gasteiger partial charge in [-0.2, -0.15) is 0 Å². The molecule has 0 saturated carbocycles. The zero-order chi connectivity index (χ0) is 20.6. The fourth-order valence-electron chi connectivity index (χ4n) is 3.89. The van der Waals surface area contributed by atoms with Crippen LogP contribution in [0.1, 0.15) is 37.3 Å². The number of para-hydroxylation sites is 1. The third kappa shape index (κ3) is 5.98. The zero-order valence-electron chi connectivity index (χ0n) is 17.8. The molecular formula is C26H33ClN2. The first-order chi connectivity index (χ1) is 14.1. The van der Waals surface area contributed by atoms with E-state index in [1.165, 1.54) is 34.5 Å². The molecule has 3 heteroatoms. The van der Waals surface area contributed by atoms with Gasteiger partial charge in [-0.05, 0) is 75.0 Å². The molecule has 1 aliphatic heterocycles. The van der Waals surface area contributed by atoms with Gasteiger partial charge in [0.2, 0.25) is 0 Å². The highest BCUT2D eigenvalue weighted by molar-refractivity contribution is 6.30. The standard InChI is InChI=1S/C26H33ClN2/c1-4-21(2)10-9-18-28(3)17-7-8-19-29-25-12-6-5-11-22(25)13-14-23-15-16-24(27)20-26(23)29/h5-6,9-12,15-16,20H,2,4,7-8,13-14,17-19H2,1,3H3/b10-9+. The van der Waals surface area contributed by atoms with Crippen molar-refractivity contribution >= 4 is 23.0 Å². The van der Waals surface area contributed by atoms with E-state index in [0.29, 0.717) is 0 Å². The summed E-state index contributed by atoms with van der Waals surface area (Å²) in [4.78, 5) is 4.86. The average molecular weight is 409 g/mol. The van der Waals surface area contributed by atoms with Crippen LogP contribution in [0.15, 0.2) is 66.8 Å². The van der Waals surface area contributed by atoms with E-state index in [2.05, 4.69) is 78.9 Å². The molecule has 2 nitrogen and oxygen atoms in total. The molecule has 0 N–H and O–H groups in total. The van der Waals surface area contributed by atoms with Crippen LogP contribution in [-0.2, 0) is 12.8 Å². The predicted octanol–water partition coefficient (Wildman–Crippen LogP) is 6.81. The summed E-state index contributed by atoms with van der Waals surface area (Å²) in [6, 6.07) is 15.2. The van der Waals surface area contributed by atoms with Crippen molar-refractivity contribution in [1.82, 2.24) is 4.90 Å². The Kier molecular flexibility index (Phi) is 7.97. The summed E-state index contributed by atoms with van der Waals surface area (Å²) in [6.07, 6.45) is 9.85. The van der Waals surface area contributed by atoms with E-state index in [9.17, 15) is 0 Å². The Morgan fingerprint density at radius 2 is 1.86 bits per heavy atom. The number of fused-ring (bicyclic) bond motifs is 2. The summed E-state index contributed by atoms with van der Waals surface area (Å²) >= 11 is 6.36. The van der Waals surface area contributed by atoms with Gasteiger partial charge < -0.3 is 9.80 Å². The maximum Gasteiger partial charge on any atom is 0.0458 e. The summed E-state index contributed by atoms with van der Waals surface area (Å²) in [6.45, 7) is 9.26. The predicted molar refractivity (Wildman–Crippen MR) is 128 cm³/mol. The molecule has 0 amide bonds. The van der Waals surface area contributed by atoms with Crippen LogP contribution >= 0.6 is 11.6 Å². The van der Waals surface area contributed by atoms with Crippen LogP contribution in [0.25, 0.3) is 0 Å². The maximum atomic E-state index is 6.36. The Morgan fingerprint density at radius 3 is 2.66 bits per heavy atom. The van der Waals surface area contributed by atoms with E-state index in [1.54, 1.807) is 0 Å². The van der Waals surface area contributed by atoms with E-state index in [0.717, 1.165) is 50.3 Å². The lowest BCUT2D eigenvalue weighted by Gasteiger charge is -2.27. The van der Waals surface area contributed by atoms with Crippen LogP contribution in [0.5, 0.6) is 0 Å². The lowest BCUT2D eigenvalue weighted by molar-refractivity contribution is 0.360. The van der Waals surface area contributed by atoms with Gasteiger partial charge in [-0.1, -0.05) is 67.1 Å².